The average Bonchev–Trinajstić information content (AvgIpc) is 2.72. The third kappa shape index (κ3) is 4.89. The highest BCUT2D eigenvalue weighted by Gasteiger charge is 2.35. The van der Waals surface area contributed by atoms with Gasteiger partial charge >= 0.3 is 0 Å². The quantitative estimate of drug-likeness (QED) is 0.779. The summed E-state index contributed by atoms with van der Waals surface area (Å²) in [5.74, 6) is -0.111. The minimum atomic E-state index is -0.180. The first-order chi connectivity index (χ1) is 13.6. The zero-order chi connectivity index (χ0) is 19.9. The Labute approximate surface area is 167 Å². The van der Waals surface area contributed by atoms with Crippen LogP contribution in [-0.2, 0) is 16.0 Å². The topological polar surface area (TPSA) is 49.4 Å². The lowest BCUT2D eigenvalue weighted by Crippen LogP contribution is -2.47. The Morgan fingerprint density at radius 3 is 2.64 bits per heavy atom. The van der Waals surface area contributed by atoms with Crippen LogP contribution in [0.15, 0.2) is 67.3 Å². The number of nitrogens with one attached hydrogen (secondary N) is 1. The molecule has 2 aromatic carbocycles. The number of carbonyl (C=O) groups is 2. The first kappa shape index (κ1) is 19.9. The molecule has 1 fully saturated rings. The van der Waals surface area contributed by atoms with Crippen molar-refractivity contribution in [3.63, 3.8) is 0 Å². The molecule has 0 saturated carbocycles. The summed E-state index contributed by atoms with van der Waals surface area (Å²) in [6, 6.07) is 18.1. The van der Waals surface area contributed by atoms with E-state index < -0.39 is 0 Å². The van der Waals surface area contributed by atoms with E-state index in [0.29, 0.717) is 19.5 Å². The summed E-state index contributed by atoms with van der Waals surface area (Å²) < 4.78 is 0. The Morgan fingerprint density at radius 2 is 1.93 bits per heavy atom. The number of rotatable bonds is 6. The minimum absolute atomic E-state index is 0.0000957. The monoisotopic (exact) mass is 376 g/mol. The van der Waals surface area contributed by atoms with Crippen molar-refractivity contribution in [1.29, 1.82) is 0 Å². The maximum absolute atomic E-state index is 13.2. The van der Waals surface area contributed by atoms with Gasteiger partial charge in [0.2, 0.25) is 11.8 Å². The van der Waals surface area contributed by atoms with Crippen molar-refractivity contribution in [3.05, 3.63) is 83.9 Å². The fourth-order valence-electron chi connectivity index (χ4n) is 3.87. The van der Waals surface area contributed by atoms with Gasteiger partial charge in [-0.25, -0.2) is 0 Å². The summed E-state index contributed by atoms with van der Waals surface area (Å²) >= 11 is 0. The zero-order valence-electron chi connectivity index (χ0n) is 16.4. The summed E-state index contributed by atoms with van der Waals surface area (Å²) in [4.78, 5) is 27.6. The smallest absolute Gasteiger partial charge is 0.227 e. The van der Waals surface area contributed by atoms with Gasteiger partial charge in [0.05, 0.1) is 18.4 Å². The summed E-state index contributed by atoms with van der Waals surface area (Å²) in [6.45, 7) is 6.62. The SMILES string of the molecule is C=CCNC(=O)[C@@H]1CC[C@H](c2cccc(C)c2)N(C(=O)Cc2ccccc2)C1. The summed E-state index contributed by atoms with van der Waals surface area (Å²) in [5, 5.41) is 2.88. The molecular formula is C24H28N2O2. The van der Waals surface area contributed by atoms with Crippen molar-refractivity contribution in [2.45, 2.75) is 32.2 Å². The first-order valence-electron chi connectivity index (χ1n) is 9.87. The molecule has 1 heterocycles. The molecule has 3 rings (SSSR count). The molecule has 0 aromatic heterocycles. The number of hydrogen-bond acceptors (Lipinski definition) is 2. The van der Waals surface area contributed by atoms with Crippen molar-refractivity contribution in [3.8, 4) is 0 Å². The number of aryl methyl sites for hydroxylation is 1. The standard InChI is InChI=1S/C24H28N2O2/c1-3-14-25-24(28)21-12-13-22(20-11-7-8-18(2)15-20)26(17-21)23(27)16-19-9-5-4-6-10-19/h3-11,15,21-22H,1,12-14,16-17H2,2H3,(H,25,28)/t21-,22-/m1/s1. The van der Waals surface area contributed by atoms with Crippen LogP contribution in [0.2, 0.25) is 0 Å². The van der Waals surface area contributed by atoms with E-state index in [2.05, 4.69) is 37.0 Å². The summed E-state index contributed by atoms with van der Waals surface area (Å²) in [7, 11) is 0. The lowest BCUT2D eigenvalue weighted by molar-refractivity contribution is -0.138. The molecule has 0 radical (unpaired) electrons. The Hall–Kier alpha value is -2.88. The molecule has 0 aliphatic carbocycles. The number of carbonyl (C=O) groups excluding carboxylic acids is 2. The highest BCUT2D eigenvalue weighted by Crippen LogP contribution is 2.34. The van der Waals surface area contributed by atoms with Crippen LogP contribution < -0.4 is 5.32 Å². The van der Waals surface area contributed by atoms with E-state index in [1.807, 2.05) is 41.3 Å². The Bertz CT molecular complexity index is 832. The Morgan fingerprint density at radius 1 is 1.14 bits per heavy atom. The predicted molar refractivity (Wildman–Crippen MR) is 112 cm³/mol. The Kier molecular flexibility index (Phi) is 6.64. The molecule has 2 aromatic rings. The second-order valence-corrected chi connectivity index (χ2v) is 7.45. The third-order valence-electron chi connectivity index (χ3n) is 5.32. The van der Waals surface area contributed by atoms with E-state index in [0.717, 1.165) is 24.0 Å². The first-order valence-corrected chi connectivity index (χ1v) is 9.87. The van der Waals surface area contributed by atoms with Crippen molar-refractivity contribution in [2.75, 3.05) is 13.1 Å². The van der Waals surface area contributed by atoms with Gasteiger partial charge in [-0.15, -0.1) is 6.58 Å². The van der Waals surface area contributed by atoms with Gasteiger partial charge in [0.1, 0.15) is 0 Å². The van der Waals surface area contributed by atoms with Crippen molar-refractivity contribution < 1.29 is 9.59 Å². The predicted octanol–water partition coefficient (Wildman–Crippen LogP) is 3.82. The van der Waals surface area contributed by atoms with E-state index in [1.165, 1.54) is 5.56 Å². The minimum Gasteiger partial charge on any atom is -0.352 e. The molecule has 28 heavy (non-hydrogen) atoms. The van der Waals surface area contributed by atoms with E-state index in [4.69, 9.17) is 0 Å². The molecule has 1 aliphatic rings. The maximum atomic E-state index is 13.2. The van der Waals surface area contributed by atoms with E-state index in [-0.39, 0.29) is 23.8 Å². The van der Waals surface area contributed by atoms with Crippen LogP contribution in [0.1, 0.15) is 35.6 Å². The van der Waals surface area contributed by atoms with Crippen LogP contribution in [0.4, 0.5) is 0 Å². The van der Waals surface area contributed by atoms with Gasteiger partial charge in [-0.3, -0.25) is 9.59 Å². The van der Waals surface area contributed by atoms with Gasteiger partial charge in [-0.1, -0.05) is 66.2 Å². The third-order valence-corrected chi connectivity index (χ3v) is 5.32. The van der Waals surface area contributed by atoms with Gasteiger partial charge in [-0.05, 0) is 30.9 Å². The van der Waals surface area contributed by atoms with Gasteiger partial charge in [0.15, 0.2) is 0 Å². The number of piperidine rings is 1. The fourth-order valence-corrected chi connectivity index (χ4v) is 3.87. The molecule has 0 spiro atoms. The normalized spacial score (nSPS) is 19.1. The molecule has 0 bridgehead atoms. The van der Waals surface area contributed by atoms with Crippen LogP contribution in [-0.4, -0.2) is 29.8 Å². The molecule has 146 valence electrons. The second-order valence-electron chi connectivity index (χ2n) is 7.45. The van der Waals surface area contributed by atoms with Crippen LogP contribution in [0.3, 0.4) is 0 Å². The number of hydrogen-bond donors (Lipinski definition) is 1. The molecule has 0 unspecified atom stereocenters. The molecule has 2 atom stereocenters. The van der Waals surface area contributed by atoms with Crippen molar-refractivity contribution in [1.82, 2.24) is 10.2 Å². The summed E-state index contributed by atoms with van der Waals surface area (Å²) in [5.41, 5.74) is 3.32. The number of amides is 2. The van der Waals surface area contributed by atoms with Crippen molar-refractivity contribution >= 4 is 11.8 Å². The van der Waals surface area contributed by atoms with E-state index >= 15 is 0 Å². The molecule has 2 amide bonds. The molecule has 1 N–H and O–H groups in total. The molecular weight excluding hydrogens is 348 g/mol. The van der Waals surface area contributed by atoms with Gasteiger partial charge in [0.25, 0.3) is 0 Å². The lowest BCUT2D eigenvalue weighted by atomic mass is 9.87. The highest BCUT2D eigenvalue weighted by atomic mass is 16.2. The number of benzene rings is 2. The molecule has 4 heteroatoms. The van der Waals surface area contributed by atoms with Gasteiger partial charge < -0.3 is 10.2 Å². The Balaban J connectivity index is 1.81. The van der Waals surface area contributed by atoms with E-state index in [9.17, 15) is 9.59 Å². The van der Waals surface area contributed by atoms with Crippen molar-refractivity contribution in [2.24, 2.45) is 5.92 Å². The largest absolute Gasteiger partial charge is 0.352 e. The number of nitrogens with zero attached hydrogens (tertiary/aromatic N) is 1. The lowest BCUT2D eigenvalue weighted by Gasteiger charge is -2.39. The molecule has 1 aliphatic heterocycles. The second kappa shape index (κ2) is 9.36. The van der Waals surface area contributed by atoms with Gasteiger partial charge in [-0.2, -0.15) is 0 Å². The highest BCUT2D eigenvalue weighted by molar-refractivity contribution is 5.82. The zero-order valence-corrected chi connectivity index (χ0v) is 16.4. The van der Waals surface area contributed by atoms with Crippen LogP contribution in [0.25, 0.3) is 0 Å². The number of likely N-dealkylation sites (tertiary alicyclic amines) is 1. The van der Waals surface area contributed by atoms with E-state index in [1.54, 1.807) is 6.08 Å². The fraction of sp³-hybridized carbons (Fsp3) is 0.333. The molecule has 4 nitrogen and oxygen atoms in total. The molecule has 1 saturated heterocycles. The maximum Gasteiger partial charge on any atom is 0.227 e. The average molecular weight is 377 g/mol. The van der Waals surface area contributed by atoms with Crippen LogP contribution in [0.5, 0.6) is 0 Å². The van der Waals surface area contributed by atoms with Gasteiger partial charge in [0, 0.05) is 13.1 Å². The van der Waals surface area contributed by atoms with Crippen LogP contribution >= 0.6 is 0 Å². The summed E-state index contributed by atoms with van der Waals surface area (Å²) in [6.07, 6.45) is 3.59. The van der Waals surface area contributed by atoms with Crippen LogP contribution in [0, 0.1) is 12.8 Å².